The molecule has 2 N–H and O–H groups in total. The van der Waals surface area contributed by atoms with Gasteiger partial charge >= 0.3 is 6.03 Å². The summed E-state index contributed by atoms with van der Waals surface area (Å²) in [6.45, 7) is -0.336. The van der Waals surface area contributed by atoms with Crippen LogP contribution in [0, 0.1) is 0 Å². The lowest BCUT2D eigenvalue weighted by Crippen LogP contribution is -2.52. The number of nitrogens with zero attached hydrogens (tertiary/aromatic N) is 1. The van der Waals surface area contributed by atoms with Gasteiger partial charge in [-0.2, -0.15) is 0 Å². The molecule has 0 radical (unpaired) electrons. The van der Waals surface area contributed by atoms with Gasteiger partial charge in [0, 0.05) is 12.1 Å². The number of imide groups is 1. The van der Waals surface area contributed by atoms with Crippen LogP contribution < -0.4 is 20.1 Å². The van der Waals surface area contributed by atoms with Gasteiger partial charge in [0.25, 0.3) is 5.91 Å². The molecule has 3 rings (SSSR count). The second kappa shape index (κ2) is 7.90. The molecule has 158 valence electrons. The van der Waals surface area contributed by atoms with Crippen molar-refractivity contribution in [1.82, 2.24) is 15.5 Å². The average molecular weight is 425 g/mol. The fourth-order valence-electron chi connectivity index (χ4n) is 3.53. The van der Waals surface area contributed by atoms with Crippen LogP contribution >= 0.6 is 0 Å². The lowest BCUT2D eigenvalue weighted by Gasteiger charge is -2.30. The minimum absolute atomic E-state index is 0.0129. The highest BCUT2D eigenvalue weighted by Gasteiger charge is 2.53. The van der Waals surface area contributed by atoms with Crippen LogP contribution in [-0.2, 0) is 26.0 Å². The van der Waals surface area contributed by atoms with Gasteiger partial charge < -0.3 is 20.1 Å². The van der Waals surface area contributed by atoms with E-state index in [0.717, 1.165) is 4.90 Å². The van der Waals surface area contributed by atoms with Crippen LogP contribution in [0.1, 0.15) is 18.4 Å². The van der Waals surface area contributed by atoms with Crippen molar-refractivity contribution in [1.29, 1.82) is 0 Å². The predicted octanol–water partition coefficient (Wildman–Crippen LogP) is -0.181. The van der Waals surface area contributed by atoms with E-state index in [1.807, 2.05) is 0 Å². The number of hydrogen-bond donors (Lipinski definition) is 2. The predicted molar refractivity (Wildman–Crippen MR) is 102 cm³/mol. The van der Waals surface area contributed by atoms with Crippen molar-refractivity contribution >= 4 is 27.7 Å². The number of nitrogens with one attached hydrogen (secondary N) is 2. The van der Waals surface area contributed by atoms with E-state index < -0.39 is 39.8 Å². The van der Waals surface area contributed by atoms with Crippen LogP contribution in [0.4, 0.5) is 4.79 Å². The van der Waals surface area contributed by atoms with E-state index in [4.69, 9.17) is 9.47 Å². The van der Waals surface area contributed by atoms with Crippen molar-refractivity contribution in [2.24, 2.45) is 0 Å². The third-order valence-corrected chi connectivity index (χ3v) is 6.84. The fraction of sp³-hybridized carbons (Fsp3) is 0.500. The van der Waals surface area contributed by atoms with Gasteiger partial charge in [-0.15, -0.1) is 0 Å². The van der Waals surface area contributed by atoms with Crippen LogP contribution in [0.3, 0.4) is 0 Å². The number of carbonyl (C=O) groups is 3. The van der Waals surface area contributed by atoms with Crippen molar-refractivity contribution in [2.75, 3.05) is 32.3 Å². The standard InChI is InChI=1S/C18H23N3O7S/c1-27-13-5-3-4-12(15(13)28-2)10-19-14(22)11-21-16(23)18(20-17(21)24)6-8-29(25,26)9-7-18/h3-5H,6-11H2,1-2H3,(H,19,22)(H,20,24). The smallest absolute Gasteiger partial charge is 0.325 e. The third kappa shape index (κ3) is 4.14. The van der Waals surface area contributed by atoms with Gasteiger partial charge in [0.2, 0.25) is 5.91 Å². The summed E-state index contributed by atoms with van der Waals surface area (Å²) in [5.74, 6) is -0.441. The number of urea groups is 1. The maximum atomic E-state index is 12.7. The van der Waals surface area contributed by atoms with Crippen molar-refractivity contribution < 1.29 is 32.3 Å². The third-order valence-electron chi connectivity index (χ3n) is 5.19. The van der Waals surface area contributed by atoms with Gasteiger partial charge in [-0.1, -0.05) is 12.1 Å². The lowest BCUT2D eigenvalue weighted by molar-refractivity contribution is -0.135. The molecule has 10 nitrogen and oxygen atoms in total. The Morgan fingerprint density at radius 1 is 1.21 bits per heavy atom. The molecule has 29 heavy (non-hydrogen) atoms. The second-order valence-electron chi connectivity index (χ2n) is 6.98. The number of carbonyl (C=O) groups excluding carboxylic acids is 3. The SMILES string of the molecule is COc1cccc(CNC(=O)CN2C(=O)NC3(CCS(=O)(=O)CC3)C2=O)c1OC. The van der Waals surface area contributed by atoms with Gasteiger partial charge in [0.15, 0.2) is 21.3 Å². The Kier molecular flexibility index (Phi) is 5.69. The second-order valence-corrected chi connectivity index (χ2v) is 9.29. The Bertz CT molecular complexity index is 931. The van der Waals surface area contributed by atoms with E-state index in [1.165, 1.54) is 14.2 Å². The summed E-state index contributed by atoms with van der Waals surface area (Å²) in [6, 6.07) is 4.54. The molecule has 0 aromatic heterocycles. The Morgan fingerprint density at radius 2 is 1.90 bits per heavy atom. The highest BCUT2D eigenvalue weighted by molar-refractivity contribution is 7.91. The molecule has 1 spiro atoms. The number of hydrogen-bond acceptors (Lipinski definition) is 7. The number of ether oxygens (including phenoxy) is 2. The topological polar surface area (TPSA) is 131 Å². The van der Waals surface area contributed by atoms with Crippen LogP contribution in [0.25, 0.3) is 0 Å². The first-order chi connectivity index (χ1) is 13.7. The van der Waals surface area contributed by atoms with E-state index in [2.05, 4.69) is 10.6 Å². The summed E-state index contributed by atoms with van der Waals surface area (Å²) < 4.78 is 33.8. The molecule has 0 aliphatic carbocycles. The van der Waals surface area contributed by atoms with Gasteiger partial charge in [-0.3, -0.25) is 14.5 Å². The molecule has 2 aliphatic rings. The molecule has 2 aliphatic heterocycles. The Labute approximate surface area is 168 Å². The molecule has 1 aromatic rings. The number of para-hydroxylation sites is 1. The maximum absolute atomic E-state index is 12.7. The van der Waals surface area contributed by atoms with E-state index in [0.29, 0.717) is 17.1 Å². The molecule has 2 fully saturated rings. The summed E-state index contributed by atoms with van der Waals surface area (Å²) in [7, 11) is -0.212. The van der Waals surface area contributed by atoms with Crippen molar-refractivity contribution in [3.05, 3.63) is 23.8 Å². The van der Waals surface area contributed by atoms with Crippen LogP contribution in [-0.4, -0.2) is 69.0 Å². The van der Waals surface area contributed by atoms with E-state index in [1.54, 1.807) is 18.2 Å². The molecule has 2 saturated heterocycles. The van der Waals surface area contributed by atoms with Crippen molar-refractivity contribution in [3.63, 3.8) is 0 Å². The minimum atomic E-state index is -3.20. The summed E-state index contributed by atoms with van der Waals surface area (Å²) in [5, 5.41) is 5.23. The molecular weight excluding hydrogens is 402 g/mol. The zero-order valence-corrected chi connectivity index (χ0v) is 17.0. The highest BCUT2D eigenvalue weighted by Crippen LogP contribution is 2.31. The van der Waals surface area contributed by atoms with E-state index in [9.17, 15) is 22.8 Å². The molecule has 2 heterocycles. The summed E-state index contributed by atoms with van der Waals surface area (Å²) in [6.07, 6.45) is 0.0259. The molecule has 0 atom stereocenters. The molecule has 0 bridgehead atoms. The number of benzene rings is 1. The largest absolute Gasteiger partial charge is 0.493 e. The highest BCUT2D eigenvalue weighted by atomic mass is 32.2. The number of methoxy groups -OCH3 is 2. The summed E-state index contributed by atoms with van der Waals surface area (Å²) in [5.41, 5.74) is -0.565. The van der Waals surface area contributed by atoms with Crippen LogP contribution in [0.5, 0.6) is 11.5 Å². The fourth-order valence-corrected chi connectivity index (χ4v) is 5.05. The molecule has 4 amide bonds. The zero-order valence-electron chi connectivity index (χ0n) is 16.2. The number of sulfone groups is 1. The minimum Gasteiger partial charge on any atom is -0.493 e. The molecule has 1 aromatic carbocycles. The number of rotatable bonds is 6. The van der Waals surface area contributed by atoms with Gasteiger partial charge in [0.05, 0.1) is 25.7 Å². The summed E-state index contributed by atoms with van der Waals surface area (Å²) in [4.78, 5) is 38.1. The van der Waals surface area contributed by atoms with E-state index >= 15 is 0 Å². The van der Waals surface area contributed by atoms with Gasteiger partial charge in [-0.25, -0.2) is 13.2 Å². The Balaban J connectivity index is 1.63. The molecule has 0 saturated carbocycles. The van der Waals surface area contributed by atoms with Crippen LogP contribution in [0.15, 0.2) is 18.2 Å². The van der Waals surface area contributed by atoms with Gasteiger partial charge in [-0.05, 0) is 18.9 Å². The Hall–Kier alpha value is -2.82. The van der Waals surface area contributed by atoms with Crippen molar-refractivity contribution in [3.8, 4) is 11.5 Å². The summed E-state index contributed by atoms with van der Waals surface area (Å²) >= 11 is 0. The van der Waals surface area contributed by atoms with Crippen LogP contribution in [0.2, 0.25) is 0 Å². The lowest BCUT2D eigenvalue weighted by atomic mass is 9.92. The first-order valence-corrected chi connectivity index (χ1v) is 10.8. The van der Waals surface area contributed by atoms with Gasteiger partial charge in [0.1, 0.15) is 12.1 Å². The maximum Gasteiger partial charge on any atom is 0.325 e. The van der Waals surface area contributed by atoms with E-state index in [-0.39, 0.29) is 30.9 Å². The quantitative estimate of drug-likeness (QED) is 0.605. The monoisotopic (exact) mass is 425 g/mol. The molecular formula is C18H23N3O7S. The molecule has 0 unspecified atom stereocenters. The molecule has 11 heteroatoms. The normalized spacial score (nSPS) is 19.7. The van der Waals surface area contributed by atoms with Crippen molar-refractivity contribution in [2.45, 2.75) is 24.9 Å². The zero-order chi connectivity index (χ0) is 21.2. The average Bonchev–Trinajstić information content (AvgIpc) is 2.92. The first kappa shape index (κ1) is 20.9. The first-order valence-electron chi connectivity index (χ1n) is 9.02. The number of amides is 4. The Morgan fingerprint density at radius 3 is 2.52 bits per heavy atom.